The van der Waals surface area contributed by atoms with Crippen LogP contribution in [-0.2, 0) is 17.1 Å². The lowest BCUT2D eigenvalue weighted by Gasteiger charge is -2.29. The number of sulfonamides is 1. The molecule has 2 aromatic carbocycles. The Morgan fingerprint density at radius 2 is 1.81 bits per heavy atom. The minimum atomic E-state index is -3.54. The van der Waals surface area contributed by atoms with E-state index in [4.69, 9.17) is 4.74 Å². The van der Waals surface area contributed by atoms with Gasteiger partial charge in [0.05, 0.1) is 16.7 Å². The SMILES string of the molecule is COc1cccc2sc(=NC(=O)c3ccc(S(=O)(=O)N4CCC(C)CC4)cc3)n(C)c12. The van der Waals surface area contributed by atoms with Crippen LogP contribution in [0.25, 0.3) is 10.2 Å². The Bertz CT molecular complexity index is 1280. The van der Waals surface area contributed by atoms with E-state index in [2.05, 4.69) is 11.9 Å². The second kappa shape index (κ2) is 8.57. The van der Waals surface area contributed by atoms with Gasteiger partial charge in [-0.2, -0.15) is 9.30 Å². The summed E-state index contributed by atoms with van der Waals surface area (Å²) in [4.78, 5) is 17.7. The van der Waals surface area contributed by atoms with Crippen molar-refractivity contribution in [3.05, 3.63) is 52.8 Å². The molecule has 0 N–H and O–H groups in total. The second-order valence-corrected chi connectivity index (χ2v) is 10.7. The Hall–Kier alpha value is -2.49. The normalized spacial score (nSPS) is 16.7. The Kier molecular flexibility index (Phi) is 6.00. The van der Waals surface area contributed by atoms with E-state index in [1.54, 1.807) is 7.11 Å². The summed E-state index contributed by atoms with van der Waals surface area (Å²) in [5.41, 5.74) is 1.22. The van der Waals surface area contributed by atoms with E-state index in [1.807, 2.05) is 29.8 Å². The lowest BCUT2D eigenvalue weighted by atomic mass is 10.0. The third kappa shape index (κ3) is 4.17. The molecule has 3 aromatic rings. The number of thiazole rings is 1. The highest BCUT2D eigenvalue weighted by Crippen LogP contribution is 2.27. The molecule has 1 aliphatic heterocycles. The minimum Gasteiger partial charge on any atom is -0.495 e. The number of nitrogens with zero attached hydrogens (tertiary/aromatic N) is 3. The van der Waals surface area contributed by atoms with Gasteiger partial charge in [0, 0.05) is 25.7 Å². The van der Waals surface area contributed by atoms with Gasteiger partial charge in [0.1, 0.15) is 11.3 Å². The number of piperidine rings is 1. The van der Waals surface area contributed by atoms with E-state index < -0.39 is 15.9 Å². The van der Waals surface area contributed by atoms with Crippen molar-refractivity contribution in [2.75, 3.05) is 20.2 Å². The number of ether oxygens (including phenoxy) is 1. The number of methoxy groups -OCH3 is 1. The molecule has 9 heteroatoms. The largest absolute Gasteiger partial charge is 0.495 e. The molecule has 0 aliphatic carbocycles. The maximum absolute atomic E-state index is 12.9. The summed E-state index contributed by atoms with van der Waals surface area (Å²) in [5, 5.41) is 0. The first-order valence-electron chi connectivity index (χ1n) is 10.1. The molecule has 1 aliphatic rings. The maximum Gasteiger partial charge on any atom is 0.279 e. The molecular formula is C22H25N3O4S2. The van der Waals surface area contributed by atoms with Crippen molar-refractivity contribution < 1.29 is 17.9 Å². The molecule has 0 atom stereocenters. The fourth-order valence-electron chi connectivity index (χ4n) is 3.74. The molecule has 4 rings (SSSR count). The average molecular weight is 460 g/mol. The van der Waals surface area contributed by atoms with E-state index in [0.29, 0.717) is 35.1 Å². The van der Waals surface area contributed by atoms with E-state index in [9.17, 15) is 13.2 Å². The number of hydrogen-bond donors (Lipinski definition) is 0. The van der Waals surface area contributed by atoms with Crippen LogP contribution in [0.5, 0.6) is 5.75 Å². The summed E-state index contributed by atoms with van der Waals surface area (Å²) in [7, 11) is -0.102. The van der Waals surface area contributed by atoms with Gasteiger partial charge >= 0.3 is 0 Å². The van der Waals surface area contributed by atoms with Gasteiger partial charge in [0.25, 0.3) is 5.91 Å². The minimum absolute atomic E-state index is 0.204. The predicted octanol–water partition coefficient (Wildman–Crippen LogP) is 3.41. The summed E-state index contributed by atoms with van der Waals surface area (Å²) in [6, 6.07) is 11.7. The van der Waals surface area contributed by atoms with Crippen LogP contribution < -0.4 is 9.54 Å². The number of fused-ring (bicyclic) bond motifs is 1. The van der Waals surface area contributed by atoms with Gasteiger partial charge < -0.3 is 9.30 Å². The van der Waals surface area contributed by atoms with Gasteiger partial charge in [-0.05, 0) is 55.2 Å². The van der Waals surface area contributed by atoms with E-state index in [1.165, 1.54) is 39.9 Å². The molecule has 0 saturated carbocycles. The highest BCUT2D eigenvalue weighted by Gasteiger charge is 2.28. The van der Waals surface area contributed by atoms with Crippen LogP contribution in [0.4, 0.5) is 0 Å². The second-order valence-electron chi connectivity index (χ2n) is 7.78. The van der Waals surface area contributed by atoms with E-state index >= 15 is 0 Å². The molecule has 0 radical (unpaired) electrons. The Labute approximate surface area is 185 Å². The molecule has 31 heavy (non-hydrogen) atoms. The molecule has 0 spiro atoms. The number of rotatable bonds is 4. The first-order valence-corrected chi connectivity index (χ1v) is 12.4. The van der Waals surface area contributed by atoms with Gasteiger partial charge in [-0.3, -0.25) is 4.79 Å². The summed E-state index contributed by atoms with van der Waals surface area (Å²) in [5.74, 6) is 0.840. The predicted molar refractivity (Wildman–Crippen MR) is 121 cm³/mol. The summed E-state index contributed by atoms with van der Waals surface area (Å²) in [6.07, 6.45) is 1.73. The van der Waals surface area contributed by atoms with Crippen LogP contribution in [0.15, 0.2) is 52.4 Å². The van der Waals surface area contributed by atoms with Crippen molar-refractivity contribution in [2.45, 2.75) is 24.7 Å². The number of carbonyl (C=O) groups is 1. The number of aromatic nitrogens is 1. The number of amides is 1. The number of carbonyl (C=O) groups excluding carboxylic acids is 1. The molecule has 1 aromatic heterocycles. The Balaban J connectivity index is 1.61. The summed E-state index contributed by atoms with van der Waals surface area (Å²) < 4.78 is 35.5. The van der Waals surface area contributed by atoms with E-state index in [-0.39, 0.29) is 4.90 Å². The third-order valence-corrected chi connectivity index (χ3v) is 8.69. The molecule has 164 valence electrons. The van der Waals surface area contributed by atoms with Crippen LogP contribution in [0, 0.1) is 5.92 Å². The molecule has 0 bridgehead atoms. The smallest absolute Gasteiger partial charge is 0.279 e. The van der Waals surface area contributed by atoms with Gasteiger partial charge in [-0.25, -0.2) is 8.42 Å². The van der Waals surface area contributed by atoms with Crippen molar-refractivity contribution in [1.82, 2.24) is 8.87 Å². The Morgan fingerprint density at radius 1 is 1.13 bits per heavy atom. The van der Waals surface area contributed by atoms with Crippen molar-refractivity contribution in [2.24, 2.45) is 18.0 Å². The molecule has 7 nitrogen and oxygen atoms in total. The fourth-order valence-corrected chi connectivity index (χ4v) is 6.24. The molecule has 1 saturated heterocycles. The molecule has 1 amide bonds. The quantitative estimate of drug-likeness (QED) is 0.599. The van der Waals surface area contributed by atoms with E-state index in [0.717, 1.165) is 23.1 Å². The highest BCUT2D eigenvalue weighted by molar-refractivity contribution is 7.89. The first kappa shape index (κ1) is 21.7. The molecule has 1 fully saturated rings. The monoisotopic (exact) mass is 459 g/mol. The van der Waals surface area contributed by atoms with Crippen LogP contribution in [-0.4, -0.2) is 43.4 Å². The number of aryl methyl sites for hydroxylation is 1. The van der Waals surface area contributed by atoms with Crippen molar-refractivity contribution in [3.63, 3.8) is 0 Å². The summed E-state index contributed by atoms with van der Waals surface area (Å²) >= 11 is 1.40. The van der Waals surface area contributed by atoms with Crippen molar-refractivity contribution >= 4 is 37.5 Å². The van der Waals surface area contributed by atoms with Gasteiger partial charge in [0.2, 0.25) is 10.0 Å². The van der Waals surface area contributed by atoms with Crippen molar-refractivity contribution in [1.29, 1.82) is 0 Å². The Morgan fingerprint density at radius 3 is 2.45 bits per heavy atom. The fraction of sp³-hybridized carbons (Fsp3) is 0.364. The zero-order valence-electron chi connectivity index (χ0n) is 17.7. The molecule has 2 heterocycles. The average Bonchev–Trinajstić information content (AvgIpc) is 3.09. The van der Waals surface area contributed by atoms with Crippen LogP contribution >= 0.6 is 11.3 Å². The van der Waals surface area contributed by atoms with Crippen molar-refractivity contribution in [3.8, 4) is 5.75 Å². The highest BCUT2D eigenvalue weighted by atomic mass is 32.2. The zero-order chi connectivity index (χ0) is 22.2. The lowest BCUT2D eigenvalue weighted by Crippen LogP contribution is -2.37. The number of para-hydroxylation sites is 1. The lowest BCUT2D eigenvalue weighted by molar-refractivity contribution is 0.0998. The van der Waals surface area contributed by atoms with Gasteiger partial charge in [-0.15, -0.1) is 0 Å². The standard InChI is InChI=1S/C22H25N3O4S2/c1-15-11-13-25(14-12-15)31(27,28)17-9-7-16(8-10-17)21(26)23-22-24(2)20-18(29-3)5-4-6-19(20)30-22/h4-10,15H,11-14H2,1-3H3. The number of hydrogen-bond acceptors (Lipinski definition) is 5. The van der Waals surface area contributed by atoms with Crippen LogP contribution in [0.1, 0.15) is 30.1 Å². The van der Waals surface area contributed by atoms with Gasteiger partial charge in [-0.1, -0.05) is 24.3 Å². The molecule has 0 unspecified atom stereocenters. The maximum atomic E-state index is 12.9. The third-order valence-electron chi connectivity index (χ3n) is 5.68. The number of benzene rings is 2. The topological polar surface area (TPSA) is 81.0 Å². The van der Waals surface area contributed by atoms with Gasteiger partial charge in [0.15, 0.2) is 4.80 Å². The van der Waals surface area contributed by atoms with Crippen LogP contribution in [0.3, 0.4) is 0 Å². The zero-order valence-corrected chi connectivity index (χ0v) is 19.4. The first-order chi connectivity index (χ1) is 14.8. The van der Waals surface area contributed by atoms with Crippen LogP contribution in [0.2, 0.25) is 0 Å². The summed E-state index contributed by atoms with van der Waals surface area (Å²) in [6.45, 7) is 3.21. The molecular weight excluding hydrogens is 434 g/mol.